The maximum absolute atomic E-state index is 12.8. The Morgan fingerprint density at radius 3 is 3.04 bits per heavy atom. The smallest absolute Gasteiger partial charge is 0.290 e. The Labute approximate surface area is 138 Å². The van der Waals surface area contributed by atoms with Crippen LogP contribution in [-0.2, 0) is 11.3 Å². The van der Waals surface area contributed by atoms with Crippen LogP contribution in [0.15, 0.2) is 28.1 Å². The van der Waals surface area contributed by atoms with Gasteiger partial charge in [-0.3, -0.25) is 9.59 Å². The molecule has 1 fully saturated rings. The fraction of sp³-hybridized carbons (Fsp3) is 0.438. The summed E-state index contributed by atoms with van der Waals surface area (Å²) in [4.78, 5) is 29.9. The van der Waals surface area contributed by atoms with Gasteiger partial charge in [0.25, 0.3) is 5.91 Å². The van der Waals surface area contributed by atoms with Crippen LogP contribution < -0.4 is 5.32 Å². The number of amides is 2. The molecule has 23 heavy (non-hydrogen) atoms. The third-order valence-corrected chi connectivity index (χ3v) is 4.76. The number of piperidine rings is 1. The molecule has 3 rings (SSSR count). The van der Waals surface area contributed by atoms with Crippen molar-refractivity contribution in [2.75, 3.05) is 6.54 Å². The van der Waals surface area contributed by atoms with Crippen molar-refractivity contribution in [2.45, 2.75) is 38.8 Å². The summed E-state index contributed by atoms with van der Waals surface area (Å²) in [6.07, 6.45) is 4.79. The van der Waals surface area contributed by atoms with Gasteiger partial charge in [-0.2, -0.15) is 0 Å². The zero-order valence-corrected chi connectivity index (χ0v) is 13.8. The molecule has 3 heterocycles. The largest absolute Gasteiger partial charge is 0.454 e. The van der Waals surface area contributed by atoms with E-state index in [1.807, 2.05) is 10.3 Å². The third-order valence-electron chi connectivity index (χ3n) is 3.88. The minimum Gasteiger partial charge on any atom is -0.454 e. The molecular formula is C16H19N3O3S. The second kappa shape index (κ2) is 6.95. The molecule has 0 saturated carbocycles. The van der Waals surface area contributed by atoms with Crippen molar-refractivity contribution in [3.8, 4) is 0 Å². The van der Waals surface area contributed by atoms with Gasteiger partial charge in [0, 0.05) is 25.0 Å². The number of carbonyl (C=O) groups excluding carboxylic acids is 2. The van der Waals surface area contributed by atoms with Gasteiger partial charge in [0.1, 0.15) is 10.8 Å². The fourth-order valence-corrected chi connectivity index (χ4v) is 3.56. The van der Waals surface area contributed by atoms with Crippen molar-refractivity contribution < 1.29 is 14.0 Å². The number of hydrogen-bond acceptors (Lipinski definition) is 5. The quantitative estimate of drug-likeness (QED) is 0.933. The summed E-state index contributed by atoms with van der Waals surface area (Å²) in [6, 6.07) is 3.43. The Morgan fingerprint density at radius 1 is 1.43 bits per heavy atom. The van der Waals surface area contributed by atoms with Crippen molar-refractivity contribution >= 4 is 23.2 Å². The van der Waals surface area contributed by atoms with Gasteiger partial charge in [-0.15, -0.1) is 11.3 Å². The first kappa shape index (κ1) is 15.7. The highest BCUT2D eigenvalue weighted by Gasteiger charge is 2.31. The Hall–Kier alpha value is -2.15. The monoisotopic (exact) mass is 333 g/mol. The number of thiazole rings is 1. The molecule has 0 aromatic carbocycles. The summed E-state index contributed by atoms with van der Waals surface area (Å²) in [6.45, 7) is 2.45. The van der Waals surface area contributed by atoms with E-state index in [1.54, 1.807) is 29.7 Å². The molecule has 1 aliphatic rings. The van der Waals surface area contributed by atoms with Crippen molar-refractivity contribution in [1.82, 2.24) is 15.2 Å². The number of hydrogen-bond donors (Lipinski definition) is 1. The molecule has 1 saturated heterocycles. The first-order chi connectivity index (χ1) is 11.1. The van der Waals surface area contributed by atoms with Crippen LogP contribution in [-0.4, -0.2) is 28.2 Å². The van der Waals surface area contributed by atoms with E-state index >= 15 is 0 Å². The maximum Gasteiger partial charge on any atom is 0.290 e. The topological polar surface area (TPSA) is 75.4 Å². The Bertz CT molecular complexity index is 681. The van der Waals surface area contributed by atoms with Gasteiger partial charge in [-0.25, -0.2) is 4.98 Å². The van der Waals surface area contributed by atoms with Crippen LogP contribution in [0.4, 0.5) is 0 Å². The zero-order chi connectivity index (χ0) is 16.2. The van der Waals surface area contributed by atoms with Gasteiger partial charge >= 0.3 is 0 Å². The summed E-state index contributed by atoms with van der Waals surface area (Å²) in [7, 11) is 0. The van der Waals surface area contributed by atoms with Gasteiger partial charge in [0.2, 0.25) is 5.91 Å². The van der Waals surface area contributed by atoms with E-state index in [-0.39, 0.29) is 17.9 Å². The van der Waals surface area contributed by atoms with Crippen molar-refractivity contribution in [3.05, 3.63) is 40.2 Å². The number of nitrogens with zero attached hydrogens (tertiary/aromatic N) is 2. The lowest BCUT2D eigenvalue weighted by atomic mass is 10.0. The highest BCUT2D eigenvalue weighted by molar-refractivity contribution is 7.09. The molecule has 0 spiro atoms. The molecule has 2 aromatic rings. The molecule has 7 heteroatoms. The molecule has 0 radical (unpaired) electrons. The van der Waals surface area contributed by atoms with E-state index in [2.05, 4.69) is 10.3 Å². The maximum atomic E-state index is 12.8. The molecule has 0 aliphatic carbocycles. The molecule has 122 valence electrons. The Morgan fingerprint density at radius 2 is 2.30 bits per heavy atom. The zero-order valence-electron chi connectivity index (χ0n) is 12.9. The summed E-state index contributed by atoms with van der Waals surface area (Å²) in [5.41, 5.74) is 0. The van der Waals surface area contributed by atoms with Crippen LogP contribution in [0.1, 0.15) is 53.6 Å². The van der Waals surface area contributed by atoms with Crippen LogP contribution in [0.3, 0.4) is 0 Å². The van der Waals surface area contributed by atoms with E-state index in [0.29, 0.717) is 24.6 Å². The lowest BCUT2D eigenvalue weighted by Crippen LogP contribution is -2.38. The highest BCUT2D eigenvalue weighted by Crippen LogP contribution is 2.33. The SMILES string of the molecule is CC(=O)NCc1ccc(C(=O)N2CCCC[C@H]2c2nccs2)o1. The minimum absolute atomic E-state index is 0.0279. The second-order valence-electron chi connectivity index (χ2n) is 5.56. The van der Waals surface area contributed by atoms with Crippen LogP contribution >= 0.6 is 11.3 Å². The van der Waals surface area contributed by atoms with Crippen LogP contribution in [0, 0.1) is 0 Å². The standard InChI is InChI=1S/C16H19N3O3S/c1-11(20)18-10-12-5-6-14(22-12)16(21)19-8-3-2-4-13(19)15-17-7-9-23-15/h5-7,9,13H,2-4,8,10H2,1H3,(H,18,20)/t13-/m0/s1. The third kappa shape index (κ3) is 3.61. The van der Waals surface area contributed by atoms with Crippen LogP contribution in [0.5, 0.6) is 0 Å². The number of carbonyl (C=O) groups is 2. The second-order valence-corrected chi connectivity index (χ2v) is 6.48. The Kier molecular flexibility index (Phi) is 4.76. The van der Waals surface area contributed by atoms with Crippen LogP contribution in [0.25, 0.3) is 0 Å². The van der Waals surface area contributed by atoms with Crippen molar-refractivity contribution in [2.24, 2.45) is 0 Å². The van der Waals surface area contributed by atoms with Crippen molar-refractivity contribution in [1.29, 1.82) is 0 Å². The highest BCUT2D eigenvalue weighted by atomic mass is 32.1. The average molecular weight is 333 g/mol. The van der Waals surface area contributed by atoms with E-state index in [4.69, 9.17) is 4.42 Å². The first-order valence-electron chi connectivity index (χ1n) is 7.68. The molecule has 1 atom stereocenters. The summed E-state index contributed by atoms with van der Waals surface area (Å²) in [5, 5.41) is 5.57. The molecule has 2 amide bonds. The lowest BCUT2D eigenvalue weighted by molar-refractivity contribution is -0.119. The van der Waals surface area contributed by atoms with Crippen LogP contribution in [0.2, 0.25) is 0 Å². The molecule has 0 unspecified atom stereocenters. The lowest BCUT2D eigenvalue weighted by Gasteiger charge is -2.33. The molecular weight excluding hydrogens is 314 g/mol. The summed E-state index contributed by atoms with van der Waals surface area (Å²) < 4.78 is 5.59. The minimum atomic E-state index is -0.130. The van der Waals surface area contributed by atoms with Gasteiger partial charge in [-0.05, 0) is 31.4 Å². The summed E-state index contributed by atoms with van der Waals surface area (Å²) in [5.74, 6) is 0.647. The predicted molar refractivity (Wildman–Crippen MR) is 86.0 cm³/mol. The molecule has 1 N–H and O–H groups in total. The number of rotatable bonds is 4. The van der Waals surface area contributed by atoms with E-state index in [0.717, 1.165) is 24.3 Å². The fourth-order valence-electron chi connectivity index (χ4n) is 2.77. The van der Waals surface area contributed by atoms with E-state index in [1.165, 1.54) is 6.92 Å². The molecule has 6 nitrogen and oxygen atoms in total. The van der Waals surface area contributed by atoms with E-state index in [9.17, 15) is 9.59 Å². The van der Waals surface area contributed by atoms with E-state index < -0.39 is 0 Å². The van der Waals surface area contributed by atoms with Gasteiger partial charge < -0.3 is 14.6 Å². The number of aromatic nitrogens is 1. The first-order valence-corrected chi connectivity index (χ1v) is 8.56. The number of nitrogens with one attached hydrogen (secondary N) is 1. The van der Waals surface area contributed by atoms with Gasteiger partial charge in [0.05, 0.1) is 12.6 Å². The normalized spacial score (nSPS) is 18.0. The number of furan rings is 1. The molecule has 1 aliphatic heterocycles. The Balaban J connectivity index is 1.74. The van der Waals surface area contributed by atoms with Crippen molar-refractivity contribution in [3.63, 3.8) is 0 Å². The average Bonchev–Trinajstić information content (AvgIpc) is 3.24. The number of likely N-dealkylation sites (tertiary alicyclic amines) is 1. The molecule has 2 aromatic heterocycles. The predicted octanol–water partition coefficient (Wildman–Crippen LogP) is 2.74. The summed E-state index contributed by atoms with van der Waals surface area (Å²) >= 11 is 1.58. The van der Waals surface area contributed by atoms with Gasteiger partial charge in [0.15, 0.2) is 5.76 Å². The van der Waals surface area contributed by atoms with Gasteiger partial charge in [-0.1, -0.05) is 0 Å². The molecule has 0 bridgehead atoms.